The van der Waals surface area contributed by atoms with Crippen molar-refractivity contribution in [1.29, 1.82) is 0 Å². The minimum atomic E-state index is 0.0922. The largest absolute Gasteiger partial charge is 0.355 e. The molecule has 100 valence electrons. The van der Waals surface area contributed by atoms with Gasteiger partial charge in [-0.2, -0.15) is 0 Å². The molecule has 0 unspecified atom stereocenters. The summed E-state index contributed by atoms with van der Waals surface area (Å²) in [6, 6.07) is 0. The standard InChI is InChI=1S/C13H21N3OS/c1-9-12(18-10(2)16-9)5-6-15-13(17)8-14-7-11-3-4-11/h11,14H,3-8H2,1-2H3,(H,15,17). The molecule has 0 aromatic carbocycles. The van der Waals surface area contributed by atoms with Crippen molar-refractivity contribution in [3.05, 3.63) is 15.6 Å². The summed E-state index contributed by atoms with van der Waals surface area (Å²) < 4.78 is 0. The van der Waals surface area contributed by atoms with Crippen molar-refractivity contribution in [2.45, 2.75) is 33.1 Å². The molecule has 4 nitrogen and oxygen atoms in total. The number of hydrogen-bond donors (Lipinski definition) is 2. The fourth-order valence-corrected chi connectivity index (χ4v) is 2.83. The quantitative estimate of drug-likeness (QED) is 0.785. The maximum Gasteiger partial charge on any atom is 0.233 e. The Balaban J connectivity index is 1.59. The highest BCUT2D eigenvalue weighted by atomic mass is 32.1. The lowest BCUT2D eigenvalue weighted by atomic mass is 10.3. The Kier molecular flexibility index (Phi) is 4.72. The second kappa shape index (κ2) is 6.29. The first kappa shape index (κ1) is 13.5. The van der Waals surface area contributed by atoms with Gasteiger partial charge in [0.05, 0.1) is 17.2 Å². The van der Waals surface area contributed by atoms with E-state index in [1.165, 1.54) is 17.7 Å². The summed E-state index contributed by atoms with van der Waals surface area (Å²) in [5.74, 6) is 0.912. The van der Waals surface area contributed by atoms with Crippen molar-refractivity contribution >= 4 is 17.2 Å². The molecular weight excluding hydrogens is 246 g/mol. The molecule has 5 heteroatoms. The average molecular weight is 267 g/mol. The summed E-state index contributed by atoms with van der Waals surface area (Å²) in [4.78, 5) is 17.2. The molecule has 0 spiro atoms. The molecule has 0 atom stereocenters. The number of aromatic nitrogens is 1. The van der Waals surface area contributed by atoms with Crippen LogP contribution in [0.5, 0.6) is 0 Å². The highest BCUT2D eigenvalue weighted by Crippen LogP contribution is 2.27. The van der Waals surface area contributed by atoms with Crippen LogP contribution in [0.15, 0.2) is 0 Å². The molecule has 18 heavy (non-hydrogen) atoms. The Labute approximate surface area is 112 Å². The van der Waals surface area contributed by atoms with E-state index in [4.69, 9.17) is 0 Å². The zero-order valence-electron chi connectivity index (χ0n) is 11.1. The molecule has 0 saturated heterocycles. The summed E-state index contributed by atoms with van der Waals surface area (Å²) in [6.07, 6.45) is 3.52. The van der Waals surface area contributed by atoms with Crippen molar-refractivity contribution in [2.75, 3.05) is 19.6 Å². The molecule has 2 rings (SSSR count). The smallest absolute Gasteiger partial charge is 0.233 e. The van der Waals surface area contributed by atoms with Gasteiger partial charge in [-0.25, -0.2) is 4.98 Å². The van der Waals surface area contributed by atoms with Gasteiger partial charge in [-0.3, -0.25) is 4.79 Å². The number of rotatable bonds is 7. The Bertz CT molecular complexity index is 412. The van der Waals surface area contributed by atoms with Gasteiger partial charge in [0.1, 0.15) is 0 Å². The van der Waals surface area contributed by atoms with Crippen molar-refractivity contribution in [3.63, 3.8) is 0 Å². The maximum absolute atomic E-state index is 11.5. The van der Waals surface area contributed by atoms with Crippen LogP contribution in [-0.4, -0.2) is 30.5 Å². The van der Waals surface area contributed by atoms with Gasteiger partial charge in [0, 0.05) is 17.8 Å². The number of thiazole rings is 1. The monoisotopic (exact) mass is 267 g/mol. The normalized spacial score (nSPS) is 14.8. The van der Waals surface area contributed by atoms with Crippen LogP contribution in [-0.2, 0) is 11.2 Å². The number of carbonyl (C=O) groups is 1. The number of aryl methyl sites for hydroxylation is 2. The third-order valence-electron chi connectivity index (χ3n) is 3.09. The van der Waals surface area contributed by atoms with E-state index >= 15 is 0 Å². The minimum absolute atomic E-state index is 0.0922. The fourth-order valence-electron chi connectivity index (χ4n) is 1.90. The molecule has 1 aromatic heterocycles. The summed E-state index contributed by atoms with van der Waals surface area (Å²) in [5, 5.41) is 7.23. The number of nitrogens with one attached hydrogen (secondary N) is 2. The Hall–Kier alpha value is -0.940. The first-order valence-electron chi connectivity index (χ1n) is 6.55. The number of carbonyl (C=O) groups excluding carboxylic acids is 1. The molecule has 1 fully saturated rings. The van der Waals surface area contributed by atoms with E-state index in [2.05, 4.69) is 15.6 Å². The Morgan fingerprint density at radius 2 is 2.22 bits per heavy atom. The van der Waals surface area contributed by atoms with Crippen molar-refractivity contribution in [2.24, 2.45) is 5.92 Å². The van der Waals surface area contributed by atoms with Crippen LogP contribution in [0.2, 0.25) is 0 Å². The van der Waals surface area contributed by atoms with Crippen LogP contribution in [0.1, 0.15) is 28.4 Å². The van der Waals surface area contributed by atoms with Crippen molar-refractivity contribution in [3.8, 4) is 0 Å². The van der Waals surface area contributed by atoms with Crippen molar-refractivity contribution in [1.82, 2.24) is 15.6 Å². The third-order valence-corrected chi connectivity index (χ3v) is 4.22. The van der Waals surface area contributed by atoms with Crippen LogP contribution in [0.3, 0.4) is 0 Å². The molecule has 0 bridgehead atoms. The highest BCUT2D eigenvalue weighted by Gasteiger charge is 2.20. The van der Waals surface area contributed by atoms with Gasteiger partial charge >= 0.3 is 0 Å². The van der Waals surface area contributed by atoms with Gasteiger partial charge in [0.2, 0.25) is 5.91 Å². The molecule has 1 aliphatic carbocycles. The Morgan fingerprint density at radius 1 is 1.44 bits per heavy atom. The van der Waals surface area contributed by atoms with Crippen molar-refractivity contribution < 1.29 is 4.79 Å². The summed E-state index contributed by atoms with van der Waals surface area (Å²) in [7, 11) is 0. The SMILES string of the molecule is Cc1nc(C)c(CCNC(=O)CNCC2CC2)s1. The molecule has 1 heterocycles. The van der Waals surface area contributed by atoms with Gasteiger partial charge in [-0.15, -0.1) is 11.3 Å². The molecule has 1 aliphatic rings. The predicted molar refractivity (Wildman–Crippen MR) is 73.9 cm³/mol. The maximum atomic E-state index is 11.5. The van der Waals surface area contributed by atoms with E-state index in [1.54, 1.807) is 11.3 Å². The van der Waals surface area contributed by atoms with E-state index in [1.807, 2.05) is 13.8 Å². The van der Waals surface area contributed by atoms with Gasteiger partial charge in [-0.1, -0.05) is 0 Å². The predicted octanol–water partition coefficient (Wildman–Crippen LogP) is 1.42. The molecule has 1 amide bonds. The summed E-state index contributed by atoms with van der Waals surface area (Å²) >= 11 is 1.72. The number of amides is 1. The lowest BCUT2D eigenvalue weighted by Crippen LogP contribution is -2.35. The number of hydrogen-bond acceptors (Lipinski definition) is 4. The van der Waals surface area contributed by atoms with Gasteiger partial charge in [0.15, 0.2) is 0 Å². The third kappa shape index (κ3) is 4.38. The van der Waals surface area contributed by atoms with Gasteiger partial charge in [0.25, 0.3) is 0 Å². The summed E-state index contributed by atoms with van der Waals surface area (Å²) in [5.41, 5.74) is 1.10. The van der Waals surface area contributed by atoms with E-state index in [0.717, 1.165) is 29.6 Å². The van der Waals surface area contributed by atoms with E-state index in [9.17, 15) is 4.79 Å². The van der Waals surface area contributed by atoms with E-state index in [-0.39, 0.29) is 5.91 Å². The second-order valence-corrected chi connectivity index (χ2v) is 6.20. The average Bonchev–Trinajstić information content (AvgIpc) is 3.06. The zero-order valence-corrected chi connectivity index (χ0v) is 11.9. The molecule has 0 radical (unpaired) electrons. The molecule has 1 aromatic rings. The first-order valence-corrected chi connectivity index (χ1v) is 7.37. The fraction of sp³-hybridized carbons (Fsp3) is 0.692. The first-order chi connectivity index (χ1) is 8.65. The number of nitrogens with zero attached hydrogens (tertiary/aromatic N) is 1. The minimum Gasteiger partial charge on any atom is -0.355 e. The topological polar surface area (TPSA) is 54.0 Å². The lowest BCUT2D eigenvalue weighted by Gasteiger charge is -2.05. The van der Waals surface area contributed by atoms with Crippen LogP contribution in [0.25, 0.3) is 0 Å². The lowest BCUT2D eigenvalue weighted by molar-refractivity contribution is -0.120. The van der Waals surface area contributed by atoms with E-state index < -0.39 is 0 Å². The van der Waals surface area contributed by atoms with Crippen LogP contribution in [0.4, 0.5) is 0 Å². The molecule has 2 N–H and O–H groups in total. The van der Waals surface area contributed by atoms with Crippen LogP contribution in [0, 0.1) is 19.8 Å². The van der Waals surface area contributed by atoms with E-state index in [0.29, 0.717) is 13.1 Å². The van der Waals surface area contributed by atoms with Crippen LogP contribution < -0.4 is 10.6 Å². The zero-order chi connectivity index (χ0) is 13.0. The van der Waals surface area contributed by atoms with Gasteiger partial charge < -0.3 is 10.6 Å². The second-order valence-electron chi connectivity index (χ2n) is 4.92. The summed E-state index contributed by atoms with van der Waals surface area (Å²) in [6.45, 7) is 6.17. The Morgan fingerprint density at radius 3 is 2.83 bits per heavy atom. The molecule has 1 saturated carbocycles. The highest BCUT2D eigenvalue weighted by molar-refractivity contribution is 7.11. The van der Waals surface area contributed by atoms with Crippen LogP contribution >= 0.6 is 11.3 Å². The molecule has 0 aliphatic heterocycles. The van der Waals surface area contributed by atoms with Gasteiger partial charge in [-0.05, 0) is 39.2 Å². The molecular formula is C13H21N3OS.